The van der Waals surface area contributed by atoms with Gasteiger partial charge in [0, 0.05) is 18.5 Å². The first-order chi connectivity index (χ1) is 10.1. The first-order valence-corrected chi connectivity index (χ1v) is 7.83. The summed E-state index contributed by atoms with van der Waals surface area (Å²) in [5.41, 5.74) is 3.67. The Morgan fingerprint density at radius 1 is 1.14 bits per heavy atom. The minimum atomic E-state index is 0. The van der Waals surface area contributed by atoms with Gasteiger partial charge in [0.25, 0.3) is 0 Å². The van der Waals surface area contributed by atoms with E-state index in [2.05, 4.69) is 51.8 Å². The predicted molar refractivity (Wildman–Crippen MR) is 105 cm³/mol. The van der Waals surface area contributed by atoms with Crippen molar-refractivity contribution in [3.8, 4) is 0 Å². The summed E-state index contributed by atoms with van der Waals surface area (Å²) < 4.78 is 0. The second-order valence-corrected chi connectivity index (χ2v) is 6.24. The minimum Gasteiger partial charge on any atom is -0.352 e. The van der Waals surface area contributed by atoms with Gasteiger partial charge < -0.3 is 10.6 Å². The molecule has 0 saturated heterocycles. The van der Waals surface area contributed by atoms with E-state index in [4.69, 9.17) is 0 Å². The van der Waals surface area contributed by atoms with Crippen LogP contribution in [-0.4, -0.2) is 18.0 Å². The molecule has 2 N–H and O–H groups in total. The maximum absolute atomic E-state index is 4.44. The van der Waals surface area contributed by atoms with Gasteiger partial charge in [0.15, 0.2) is 5.96 Å². The molecule has 1 aromatic carbocycles. The van der Waals surface area contributed by atoms with Crippen LogP contribution in [0.25, 0.3) is 0 Å². The molecule has 0 aliphatic rings. The highest BCUT2D eigenvalue weighted by Crippen LogP contribution is 2.16. The number of hydrogen-bond acceptors (Lipinski definition) is 3. The normalized spacial score (nSPS) is 11.0. The van der Waals surface area contributed by atoms with Crippen molar-refractivity contribution in [2.75, 3.05) is 7.05 Å². The minimum absolute atomic E-state index is 0. The Labute approximate surface area is 153 Å². The SMILES string of the molecule is CN=C(NCc1ccccc1C)NCc1sc(C)nc1C.I. The molecule has 22 heavy (non-hydrogen) atoms. The quantitative estimate of drug-likeness (QED) is 0.443. The van der Waals surface area contributed by atoms with E-state index in [0.29, 0.717) is 0 Å². The molecule has 0 atom stereocenters. The summed E-state index contributed by atoms with van der Waals surface area (Å²) >= 11 is 1.73. The van der Waals surface area contributed by atoms with Gasteiger partial charge in [-0.15, -0.1) is 35.3 Å². The van der Waals surface area contributed by atoms with Crippen molar-refractivity contribution in [1.29, 1.82) is 0 Å². The second-order valence-electron chi connectivity index (χ2n) is 4.95. The summed E-state index contributed by atoms with van der Waals surface area (Å²) in [4.78, 5) is 9.96. The van der Waals surface area contributed by atoms with Crippen LogP contribution < -0.4 is 10.6 Å². The predicted octanol–water partition coefficient (Wildman–Crippen LogP) is 3.55. The molecule has 0 radical (unpaired) electrons. The monoisotopic (exact) mass is 430 g/mol. The molecule has 0 bridgehead atoms. The number of aliphatic imine (C=N–C) groups is 1. The molecule has 0 saturated carbocycles. The van der Waals surface area contributed by atoms with Gasteiger partial charge in [-0.3, -0.25) is 4.99 Å². The number of benzene rings is 1. The zero-order chi connectivity index (χ0) is 15.2. The lowest BCUT2D eigenvalue weighted by Crippen LogP contribution is -2.36. The number of aromatic nitrogens is 1. The van der Waals surface area contributed by atoms with E-state index in [1.165, 1.54) is 16.0 Å². The summed E-state index contributed by atoms with van der Waals surface area (Å²) in [7, 11) is 1.79. The Morgan fingerprint density at radius 2 is 1.82 bits per heavy atom. The Kier molecular flexibility index (Phi) is 7.81. The van der Waals surface area contributed by atoms with Crippen LogP contribution in [0.1, 0.15) is 26.7 Å². The molecule has 0 fully saturated rings. The Balaban J connectivity index is 0.00000242. The van der Waals surface area contributed by atoms with Gasteiger partial charge in [0.1, 0.15) is 0 Å². The first-order valence-electron chi connectivity index (χ1n) is 7.02. The van der Waals surface area contributed by atoms with Crippen molar-refractivity contribution < 1.29 is 0 Å². The van der Waals surface area contributed by atoms with Crippen molar-refractivity contribution in [3.05, 3.63) is 51.0 Å². The van der Waals surface area contributed by atoms with Crippen molar-refractivity contribution in [2.45, 2.75) is 33.9 Å². The highest BCUT2D eigenvalue weighted by Gasteiger charge is 2.06. The van der Waals surface area contributed by atoms with Gasteiger partial charge in [-0.05, 0) is 31.9 Å². The zero-order valence-electron chi connectivity index (χ0n) is 13.4. The van der Waals surface area contributed by atoms with Gasteiger partial charge in [0.05, 0.1) is 17.2 Å². The number of nitrogens with one attached hydrogen (secondary N) is 2. The topological polar surface area (TPSA) is 49.3 Å². The lowest BCUT2D eigenvalue weighted by molar-refractivity contribution is 0.808. The first kappa shape index (κ1) is 18.9. The highest BCUT2D eigenvalue weighted by molar-refractivity contribution is 14.0. The second kappa shape index (κ2) is 9.09. The van der Waals surface area contributed by atoms with E-state index < -0.39 is 0 Å². The molecule has 0 spiro atoms. The molecule has 0 unspecified atom stereocenters. The van der Waals surface area contributed by atoms with Gasteiger partial charge in [-0.2, -0.15) is 0 Å². The van der Waals surface area contributed by atoms with Gasteiger partial charge in [-0.25, -0.2) is 4.98 Å². The van der Waals surface area contributed by atoms with Crippen LogP contribution in [0, 0.1) is 20.8 Å². The van der Waals surface area contributed by atoms with Crippen LogP contribution in [0.3, 0.4) is 0 Å². The Bertz CT molecular complexity index is 637. The molecule has 2 aromatic rings. The van der Waals surface area contributed by atoms with E-state index >= 15 is 0 Å². The van der Waals surface area contributed by atoms with Crippen LogP contribution in [0.2, 0.25) is 0 Å². The van der Waals surface area contributed by atoms with Crippen LogP contribution in [0.15, 0.2) is 29.3 Å². The summed E-state index contributed by atoms with van der Waals surface area (Å²) in [6.07, 6.45) is 0. The van der Waals surface area contributed by atoms with Crippen molar-refractivity contribution in [3.63, 3.8) is 0 Å². The molecule has 0 aliphatic heterocycles. The standard InChI is InChI=1S/C16H22N4S.HI/c1-11-7-5-6-8-14(11)9-18-16(17-4)19-10-15-12(2)20-13(3)21-15;/h5-8H,9-10H2,1-4H3,(H2,17,18,19);1H. The fourth-order valence-electron chi connectivity index (χ4n) is 2.11. The fourth-order valence-corrected chi connectivity index (χ4v) is 2.99. The molecular formula is C16H23IN4S. The zero-order valence-corrected chi connectivity index (χ0v) is 16.6. The van der Waals surface area contributed by atoms with Crippen LogP contribution in [0.4, 0.5) is 0 Å². The van der Waals surface area contributed by atoms with E-state index in [1.54, 1.807) is 18.4 Å². The molecule has 2 rings (SSSR count). The van der Waals surface area contributed by atoms with Crippen molar-refractivity contribution >= 4 is 41.3 Å². The smallest absolute Gasteiger partial charge is 0.191 e. The van der Waals surface area contributed by atoms with Crippen LogP contribution >= 0.6 is 35.3 Å². The van der Waals surface area contributed by atoms with Gasteiger partial charge in [0.2, 0.25) is 0 Å². The van der Waals surface area contributed by atoms with Gasteiger partial charge in [-0.1, -0.05) is 24.3 Å². The largest absolute Gasteiger partial charge is 0.352 e. The van der Waals surface area contributed by atoms with Crippen LogP contribution in [0.5, 0.6) is 0 Å². The van der Waals surface area contributed by atoms with E-state index in [-0.39, 0.29) is 24.0 Å². The molecule has 4 nitrogen and oxygen atoms in total. The summed E-state index contributed by atoms with van der Waals surface area (Å²) in [5.74, 6) is 0.809. The molecule has 1 aromatic heterocycles. The van der Waals surface area contributed by atoms with Crippen LogP contribution in [-0.2, 0) is 13.1 Å². The number of rotatable bonds is 4. The number of aryl methyl sites for hydroxylation is 3. The summed E-state index contributed by atoms with van der Waals surface area (Å²) in [6, 6.07) is 8.37. The number of thiazole rings is 1. The Hall–Kier alpha value is -1.15. The average Bonchev–Trinajstić information content (AvgIpc) is 2.79. The number of nitrogens with zero attached hydrogens (tertiary/aromatic N) is 2. The molecule has 1 heterocycles. The molecule has 120 valence electrons. The third-order valence-corrected chi connectivity index (χ3v) is 4.42. The van der Waals surface area contributed by atoms with E-state index in [1.807, 2.05) is 13.8 Å². The lowest BCUT2D eigenvalue weighted by atomic mass is 10.1. The molecule has 0 amide bonds. The summed E-state index contributed by atoms with van der Waals surface area (Å²) in [6.45, 7) is 7.73. The van der Waals surface area contributed by atoms with Crippen molar-refractivity contribution in [2.24, 2.45) is 4.99 Å². The highest BCUT2D eigenvalue weighted by atomic mass is 127. The van der Waals surface area contributed by atoms with E-state index in [0.717, 1.165) is 29.8 Å². The fraction of sp³-hybridized carbons (Fsp3) is 0.375. The third-order valence-electron chi connectivity index (χ3n) is 3.35. The van der Waals surface area contributed by atoms with Gasteiger partial charge >= 0.3 is 0 Å². The lowest BCUT2D eigenvalue weighted by Gasteiger charge is -2.12. The van der Waals surface area contributed by atoms with E-state index in [9.17, 15) is 0 Å². The van der Waals surface area contributed by atoms with Crippen molar-refractivity contribution in [1.82, 2.24) is 15.6 Å². The molecular weight excluding hydrogens is 407 g/mol. The third kappa shape index (κ3) is 5.24. The maximum Gasteiger partial charge on any atom is 0.191 e. The molecule has 0 aliphatic carbocycles. The Morgan fingerprint density at radius 3 is 2.41 bits per heavy atom. The average molecular weight is 430 g/mol. The molecule has 6 heteroatoms. The maximum atomic E-state index is 4.44. The number of hydrogen-bond donors (Lipinski definition) is 2. The number of halogens is 1. The summed E-state index contributed by atoms with van der Waals surface area (Å²) in [5, 5.41) is 7.79. The number of guanidine groups is 1.